The highest BCUT2D eigenvalue weighted by Crippen LogP contribution is 2.20. The summed E-state index contributed by atoms with van der Waals surface area (Å²) in [5.41, 5.74) is 4.46. The molecule has 9 heteroatoms. The number of hydrogen-bond acceptors (Lipinski definition) is 7. The van der Waals surface area contributed by atoms with Crippen molar-refractivity contribution in [3.8, 4) is 0 Å². The monoisotopic (exact) mass is 429 g/mol. The predicted octanol–water partition coefficient (Wildman–Crippen LogP) is 5.21. The van der Waals surface area contributed by atoms with Gasteiger partial charge in [0, 0.05) is 29.4 Å². The summed E-state index contributed by atoms with van der Waals surface area (Å²) in [6, 6.07) is 14.9. The van der Waals surface area contributed by atoms with Gasteiger partial charge in [-0.15, -0.1) is 0 Å². The van der Waals surface area contributed by atoms with Gasteiger partial charge in [0.15, 0.2) is 0 Å². The molecule has 0 aliphatic carbocycles. The van der Waals surface area contributed by atoms with Crippen LogP contribution < -0.4 is 15.6 Å². The van der Waals surface area contributed by atoms with Crippen LogP contribution in [0.2, 0.25) is 10.0 Å². The molecule has 0 radical (unpaired) electrons. The second-order valence-electron chi connectivity index (χ2n) is 5.98. The molecule has 0 unspecified atom stereocenters. The second-order valence-corrected chi connectivity index (χ2v) is 6.83. The fourth-order valence-corrected chi connectivity index (χ4v) is 2.99. The highest BCUT2D eigenvalue weighted by atomic mass is 35.5. The fraction of sp³-hybridized carbons (Fsp3) is 0.200. The number of anilines is 4. The third kappa shape index (κ3) is 5.79. The van der Waals surface area contributed by atoms with Crippen LogP contribution in [0.3, 0.4) is 0 Å². The van der Waals surface area contributed by atoms with Gasteiger partial charge in [0.2, 0.25) is 17.8 Å². The van der Waals surface area contributed by atoms with E-state index in [9.17, 15) is 0 Å². The normalized spacial score (nSPS) is 10.9. The van der Waals surface area contributed by atoms with Crippen molar-refractivity contribution in [3.05, 3.63) is 64.1 Å². The zero-order valence-electron chi connectivity index (χ0n) is 16.1. The van der Waals surface area contributed by atoms with Gasteiger partial charge >= 0.3 is 0 Å². The second kappa shape index (κ2) is 10.0. The van der Waals surface area contributed by atoms with Crippen molar-refractivity contribution in [2.24, 2.45) is 5.10 Å². The largest absolute Gasteiger partial charge is 0.341 e. The first kappa shape index (κ1) is 20.8. The minimum absolute atomic E-state index is 0.321. The Morgan fingerprint density at radius 2 is 1.69 bits per heavy atom. The molecular weight excluding hydrogens is 409 g/mol. The molecule has 0 aliphatic rings. The summed E-state index contributed by atoms with van der Waals surface area (Å²) in [4.78, 5) is 15.4. The quantitative estimate of drug-likeness (QED) is 0.377. The van der Waals surface area contributed by atoms with Crippen LogP contribution in [-0.4, -0.2) is 34.3 Å². The van der Waals surface area contributed by atoms with Crippen molar-refractivity contribution in [3.63, 3.8) is 0 Å². The number of para-hydroxylation sites is 1. The summed E-state index contributed by atoms with van der Waals surface area (Å²) in [5, 5.41) is 8.47. The predicted molar refractivity (Wildman–Crippen MR) is 121 cm³/mol. The van der Waals surface area contributed by atoms with E-state index in [0.717, 1.165) is 24.3 Å². The van der Waals surface area contributed by atoms with Gasteiger partial charge in [-0.05, 0) is 38.1 Å². The number of hydrazone groups is 1. The Balaban J connectivity index is 1.84. The molecule has 0 aliphatic heterocycles. The molecule has 0 bridgehead atoms. The standard InChI is InChI=1S/C20H21Cl2N7/c1-3-29(4-2)20-26-18(24-16-8-6-5-7-9-16)25-19(27-20)28-23-13-14-10-11-15(21)12-17(14)22/h5-13H,3-4H2,1-2H3,(H2,24,25,26,27,28)/b23-13+. The van der Waals surface area contributed by atoms with Crippen LogP contribution in [-0.2, 0) is 0 Å². The van der Waals surface area contributed by atoms with E-state index in [1.54, 1.807) is 24.4 Å². The molecule has 1 aromatic heterocycles. The van der Waals surface area contributed by atoms with Gasteiger partial charge in [0.05, 0.1) is 11.2 Å². The zero-order valence-corrected chi connectivity index (χ0v) is 17.6. The minimum Gasteiger partial charge on any atom is -0.341 e. The van der Waals surface area contributed by atoms with Crippen LogP contribution in [0.25, 0.3) is 0 Å². The molecule has 0 amide bonds. The van der Waals surface area contributed by atoms with E-state index in [1.807, 2.05) is 49.1 Å². The van der Waals surface area contributed by atoms with Crippen molar-refractivity contribution in [2.45, 2.75) is 13.8 Å². The first-order chi connectivity index (χ1) is 14.1. The van der Waals surface area contributed by atoms with E-state index in [-0.39, 0.29) is 0 Å². The zero-order chi connectivity index (χ0) is 20.6. The van der Waals surface area contributed by atoms with E-state index in [1.165, 1.54) is 0 Å². The molecule has 3 aromatic rings. The molecule has 29 heavy (non-hydrogen) atoms. The molecule has 0 spiro atoms. The molecule has 7 nitrogen and oxygen atoms in total. The van der Waals surface area contributed by atoms with Gasteiger partial charge in [-0.2, -0.15) is 20.1 Å². The summed E-state index contributed by atoms with van der Waals surface area (Å²) in [6.45, 7) is 5.64. The maximum atomic E-state index is 6.17. The summed E-state index contributed by atoms with van der Waals surface area (Å²) < 4.78 is 0. The summed E-state index contributed by atoms with van der Waals surface area (Å²) in [7, 11) is 0. The number of hydrogen-bond donors (Lipinski definition) is 2. The number of aromatic nitrogens is 3. The van der Waals surface area contributed by atoms with Crippen LogP contribution in [0.15, 0.2) is 53.6 Å². The van der Waals surface area contributed by atoms with Crippen molar-refractivity contribution in [1.82, 2.24) is 15.0 Å². The number of nitrogens with zero attached hydrogens (tertiary/aromatic N) is 5. The average Bonchev–Trinajstić information content (AvgIpc) is 2.71. The third-order valence-corrected chi connectivity index (χ3v) is 4.59. The summed E-state index contributed by atoms with van der Waals surface area (Å²) >= 11 is 12.1. The van der Waals surface area contributed by atoms with E-state index in [0.29, 0.717) is 27.9 Å². The van der Waals surface area contributed by atoms with Gasteiger partial charge in [0.25, 0.3) is 0 Å². The Morgan fingerprint density at radius 1 is 0.966 bits per heavy atom. The minimum atomic E-state index is 0.321. The van der Waals surface area contributed by atoms with Crippen LogP contribution in [0, 0.1) is 0 Å². The Bertz CT molecular complexity index is 976. The van der Waals surface area contributed by atoms with Crippen molar-refractivity contribution >= 4 is 52.9 Å². The number of nitrogens with one attached hydrogen (secondary N) is 2. The molecular formula is C20H21Cl2N7. The number of halogens is 2. The van der Waals surface area contributed by atoms with Gasteiger partial charge in [0.1, 0.15) is 0 Å². The molecule has 2 N–H and O–H groups in total. The van der Waals surface area contributed by atoms with Crippen LogP contribution in [0.5, 0.6) is 0 Å². The number of benzene rings is 2. The lowest BCUT2D eigenvalue weighted by molar-refractivity contribution is 0.814. The molecule has 150 valence electrons. The van der Waals surface area contributed by atoms with Crippen LogP contribution >= 0.6 is 23.2 Å². The fourth-order valence-electron chi connectivity index (χ4n) is 2.53. The smallest absolute Gasteiger partial charge is 0.250 e. The maximum absolute atomic E-state index is 6.17. The first-order valence-electron chi connectivity index (χ1n) is 9.16. The van der Waals surface area contributed by atoms with Crippen molar-refractivity contribution in [1.29, 1.82) is 0 Å². The molecule has 3 rings (SSSR count). The van der Waals surface area contributed by atoms with Crippen molar-refractivity contribution < 1.29 is 0 Å². The molecule has 0 saturated heterocycles. The number of rotatable bonds is 8. The third-order valence-electron chi connectivity index (χ3n) is 4.03. The van der Waals surface area contributed by atoms with E-state index in [4.69, 9.17) is 23.2 Å². The highest BCUT2D eigenvalue weighted by Gasteiger charge is 2.11. The topological polar surface area (TPSA) is 78.3 Å². The molecule has 0 saturated carbocycles. The Kier molecular flexibility index (Phi) is 7.21. The lowest BCUT2D eigenvalue weighted by atomic mass is 10.2. The highest BCUT2D eigenvalue weighted by molar-refractivity contribution is 6.36. The lowest BCUT2D eigenvalue weighted by Crippen LogP contribution is -2.25. The van der Waals surface area contributed by atoms with Gasteiger partial charge in [-0.1, -0.05) is 47.5 Å². The SMILES string of the molecule is CCN(CC)c1nc(N/N=C/c2ccc(Cl)cc2Cl)nc(Nc2ccccc2)n1. The van der Waals surface area contributed by atoms with Crippen molar-refractivity contribution in [2.75, 3.05) is 28.7 Å². The van der Waals surface area contributed by atoms with Gasteiger partial charge in [-0.25, -0.2) is 5.43 Å². The Labute approximate surface area is 179 Å². The molecule has 1 heterocycles. The van der Waals surface area contributed by atoms with E-state index >= 15 is 0 Å². The summed E-state index contributed by atoms with van der Waals surface area (Å²) in [6.07, 6.45) is 1.59. The van der Waals surface area contributed by atoms with Gasteiger partial charge < -0.3 is 10.2 Å². The Morgan fingerprint density at radius 3 is 2.38 bits per heavy atom. The lowest BCUT2D eigenvalue weighted by Gasteiger charge is -2.19. The van der Waals surface area contributed by atoms with Crippen LogP contribution in [0.1, 0.15) is 19.4 Å². The average molecular weight is 430 g/mol. The first-order valence-corrected chi connectivity index (χ1v) is 9.92. The molecule has 0 fully saturated rings. The molecule has 0 atom stereocenters. The summed E-state index contributed by atoms with van der Waals surface area (Å²) in [5.74, 6) is 1.31. The Hall–Kier alpha value is -2.90. The molecule has 2 aromatic carbocycles. The maximum Gasteiger partial charge on any atom is 0.250 e. The van der Waals surface area contributed by atoms with Gasteiger partial charge in [-0.3, -0.25) is 0 Å². The van der Waals surface area contributed by atoms with E-state index < -0.39 is 0 Å². The van der Waals surface area contributed by atoms with Crippen LogP contribution in [0.4, 0.5) is 23.5 Å². The van der Waals surface area contributed by atoms with E-state index in [2.05, 4.69) is 30.8 Å².